The number of halogens is 3. The Morgan fingerprint density at radius 1 is 1.30 bits per heavy atom. The lowest BCUT2D eigenvalue weighted by atomic mass is 10.3. The predicted octanol–water partition coefficient (Wildman–Crippen LogP) is 2.36. The van der Waals surface area contributed by atoms with E-state index in [4.69, 9.17) is 5.11 Å². The van der Waals surface area contributed by atoms with Crippen LogP contribution in [0.1, 0.15) is 13.3 Å². The average Bonchev–Trinajstić information content (AvgIpc) is 2.41. The Labute approximate surface area is 119 Å². The summed E-state index contributed by atoms with van der Waals surface area (Å²) in [5, 5.41) is 14.9. The van der Waals surface area contributed by atoms with Crippen LogP contribution >= 0.6 is 11.8 Å². The highest BCUT2D eigenvalue weighted by Crippen LogP contribution is 2.21. The zero-order valence-electron chi connectivity index (χ0n) is 11.2. The normalized spacial score (nSPS) is 13.1. The van der Waals surface area contributed by atoms with E-state index in [1.54, 1.807) is 6.26 Å². The first-order chi connectivity index (χ1) is 9.36. The van der Waals surface area contributed by atoms with Gasteiger partial charge in [0.25, 0.3) is 0 Å². The first-order valence-electron chi connectivity index (χ1n) is 6.02. The van der Waals surface area contributed by atoms with Crippen molar-refractivity contribution in [3.05, 3.63) is 6.07 Å². The predicted molar refractivity (Wildman–Crippen MR) is 73.1 cm³/mol. The molecule has 1 atom stereocenters. The second-order valence-corrected chi connectivity index (χ2v) is 4.76. The molecule has 1 heterocycles. The van der Waals surface area contributed by atoms with Crippen molar-refractivity contribution in [2.75, 3.05) is 30.0 Å². The molecule has 0 aromatic carbocycles. The maximum absolute atomic E-state index is 12.2. The molecule has 0 fully saturated rings. The number of aliphatic hydroxyl groups is 1. The molecular weight excluding hydrogens is 293 g/mol. The minimum Gasteiger partial charge on any atom is -0.382 e. The first-order valence-corrected chi connectivity index (χ1v) is 7.25. The van der Waals surface area contributed by atoms with Crippen molar-refractivity contribution in [3.8, 4) is 0 Å². The minimum absolute atomic E-state index is 0.242. The summed E-state index contributed by atoms with van der Waals surface area (Å²) >= 11 is 1.28. The lowest BCUT2D eigenvalue weighted by Gasteiger charge is -2.16. The number of rotatable bonds is 7. The van der Waals surface area contributed by atoms with E-state index in [9.17, 15) is 13.2 Å². The van der Waals surface area contributed by atoms with Crippen molar-refractivity contribution in [3.63, 3.8) is 0 Å². The quantitative estimate of drug-likeness (QED) is 0.530. The van der Waals surface area contributed by atoms with Crippen molar-refractivity contribution < 1.29 is 18.3 Å². The molecule has 3 N–H and O–H groups in total. The number of nitrogens with one attached hydrogen (secondary N) is 2. The van der Waals surface area contributed by atoms with Gasteiger partial charge in [-0.1, -0.05) is 18.7 Å². The maximum Gasteiger partial charge on any atom is 0.416 e. The van der Waals surface area contributed by atoms with Crippen LogP contribution in [0.15, 0.2) is 11.2 Å². The summed E-state index contributed by atoms with van der Waals surface area (Å²) in [6.45, 7) is 2.04. The second-order valence-electron chi connectivity index (χ2n) is 3.99. The highest BCUT2D eigenvalue weighted by molar-refractivity contribution is 7.98. The molecule has 0 amide bonds. The molecule has 5 nitrogen and oxygen atoms in total. The van der Waals surface area contributed by atoms with Gasteiger partial charge in [-0.2, -0.15) is 13.2 Å². The summed E-state index contributed by atoms with van der Waals surface area (Å²) in [5.41, 5.74) is 0. The zero-order chi connectivity index (χ0) is 15.2. The van der Waals surface area contributed by atoms with Gasteiger partial charge in [0.15, 0.2) is 11.3 Å². The standard InChI is InChI=1S/C11H17F3N4OS/c1-3-4-15-8-5-9(18-10(17-8)20-2)16-6-7(19)11(12,13)14/h5,7,19H,3-4,6H2,1-2H3,(H2,15,16,17,18). The third-order valence-electron chi connectivity index (χ3n) is 2.30. The molecule has 0 saturated heterocycles. The Kier molecular flexibility index (Phi) is 6.34. The SMILES string of the molecule is CCCNc1cc(NCC(O)C(F)(F)F)nc(SC)n1. The molecule has 9 heteroatoms. The van der Waals surface area contributed by atoms with Crippen LogP contribution in [0.25, 0.3) is 0 Å². The molecule has 0 aliphatic rings. The van der Waals surface area contributed by atoms with E-state index in [0.29, 0.717) is 17.5 Å². The van der Waals surface area contributed by atoms with Crippen LogP contribution in [0.5, 0.6) is 0 Å². The highest BCUT2D eigenvalue weighted by Gasteiger charge is 2.37. The molecule has 0 aliphatic carbocycles. The van der Waals surface area contributed by atoms with Crippen LogP contribution in [0.4, 0.5) is 24.8 Å². The summed E-state index contributed by atoms with van der Waals surface area (Å²) in [7, 11) is 0. The van der Waals surface area contributed by atoms with Crippen LogP contribution in [0.3, 0.4) is 0 Å². The Hall–Kier alpha value is -1.22. The average molecular weight is 310 g/mol. The Morgan fingerprint density at radius 2 is 1.90 bits per heavy atom. The van der Waals surface area contributed by atoms with E-state index >= 15 is 0 Å². The molecule has 1 aromatic rings. The molecule has 0 saturated carbocycles. The van der Waals surface area contributed by atoms with Crippen molar-refractivity contribution in [1.29, 1.82) is 0 Å². The Morgan fingerprint density at radius 3 is 2.40 bits per heavy atom. The van der Waals surface area contributed by atoms with E-state index in [1.807, 2.05) is 6.92 Å². The number of thioether (sulfide) groups is 1. The molecule has 0 spiro atoms. The number of alkyl halides is 3. The molecule has 0 aliphatic heterocycles. The summed E-state index contributed by atoms with van der Waals surface area (Å²) in [4.78, 5) is 8.22. The number of aliphatic hydroxyl groups excluding tert-OH is 1. The molecule has 1 rings (SSSR count). The summed E-state index contributed by atoms with van der Waals surface area (Å²) in [6.07, 6.45) is -4.41. The van der Waals surface area contributed by atoms with Crippen LogP contribution in [-0.4, -0.2) is 46.7 Å². The third kappa shape index (κ3) is 5.41. The number of hydrogen-bond acceptors (Lipinski definition) is 6. The van der Waals surface area contributed by atoms with E-state index in [0.717, 1.165) is 6.42 Å². The third-order valence-corrected chi connectivity index (χ3v) is 2.85. The molecular formula is C11H17F3N4OS. The largest absolute Gasteiger partial charge is 0.416 e. The van der Waals surface area contributed by atoms with Crippen molar-refractivity contribution in [2.24, 2.45) is 0 Å². The van der Waals surface area contributed by atoms with E-state index in [2.05, 4.69) is 20.6 Å². The van der Waals surface area contributed by atoms with Gasteiger partial charge in [-0.25, -0.2) is 9.97 Å². The summed E-state index contributed by atoms with van der Waals surface area (Å²) in [5.74, 6) is 0.779. The lowest BCUT2D eigenvalue weighted by molar-refractivity contribution is -0.198. The Balaban J connectivity index is 2.73. The molecule has 1 aromatic heterocycles. The van der Waals surface area contributed by atoms with E-state index < -0.39 is 18.8 Å². The minimum atomic E-state index is -4.65. The smallest absolute Gasteiger partial charge is 0.382 e. The first kappa shape index (κ1) is 16.8. The van der Waals surface area contributed by atoms with E-state index in [-0.39, 0.29) is 5.82 Å². The number of nitrogens with zero attached hydrogens (tertiary/aromatic N) is 2. The number of aromatic nitrogens is 2. The molecule has 20 heavy (non-hydrogen) atoms. The van der Waals surface area contributed by atoms with Gasteiger partial charge in [0.2, 0.25) is 0 Å². The number of anilines is 2. The molecule has 0 bridgehead atoms. The fraction of sp³-hybridized carbons (Fsp3) is 0.636. The van der Waals surface area contributed by atoms with Crippen LogP contribution < -0.4 is 10.6 Å². The number of hydrogen-bond donors (Lipinski definition) is 3. The van der Waals surface area contributed by atoms with Gasteiger partial charge in [0.05, 0.1) is 6.54 Å². The monoisotopic (exact) mass is 310 g/mol. The van der Waals surface area contributed by atoms with Gasteiger partial charge in [0, 0.05) is 12.6 Å². The van der Waals surface area contributed by atoms with E-state index in [1.165, 1.54) is 17.8 Å². The Bertz CT molecular complexity index is 431. The van der Waals surface area contributed by atoms with Gasteiger partial charge in [0.1, 0.15) is 11.6 Å². The summed E-state index contributed by atoms with van der Waals surface area (Å²) < 4.78 is 36.6. The van der Waals surface area contributed by atoms with Gasteiger partial charge in [-0.3, -0.25) is 0 Å². The molecule has 114 valence electrons. The lowest BCUT2D eigenvalue weighted by Crippen LogP contribution is -2.35. The maximum atomic E-state index is 12.2. The zero-order valence-corrected chi connectivity index (χ0v) is 12.0. The second kappa shape index (κ2) is 7.53. The highest BCUT2D eigenvalue weighted by atomic mass is 32.2. The fourth-order valence-corrected chi connectivity index (χ4v) is 1.65. The van der Waals surface area contributed by atoms with Gasteiger partial charge in [-0.15, -0.1) is 0 Å². The van der Waals surface area contributed by atoms with Crippen molar-refractivity contribution in [2.45, 2.75) is 30.8 Å². The fourth-order valence-electron chi connectivity index (χ4n) is 1.27. The van der Waals surface area contributed by atoms with Crippen molar-refractivity contribution >= 4 is 23.4 Å². The molecule has 1 unspecified atom stereocenters. The van der Waals surface area contributed by atoms with Gasteiger partial charge in [-0.05, 0) is 12.7 Å². The van der Waals surface area contributed by atoms with Crippen LogP contribution in [0, 0.1) is 0 Å². The molecule has 0 radical (unpaired) electrons. The van der Waals surface area contributed by atoms with Crippen LogP contribution in [0.2, 0.25) is 0 Å². The van der Waals surface area contributed by atoms with Gasteiger partial charge >= 0.3 is 6.18 Å². The van der Waals surface area contributed by atoms with Crippen LogP contribution in [-0.2, 0) is 0 Å². The van der Waals surface area contributed by atoms with Crippen molar-refractivity contribution in [1.82, 2.24) is 9.97 Å². The summed E-state index contributed by atoms with van der Waals surface area (Å²) in [6, 6.07) is 1.51. The van der Waals surface area contributed by atoms with Gasteiger partial charge < -0.3 is 15.7 Å². The topological polar surface area (TPSA) is 70.1 Å².